The Balaban J connectivity index is 3.15. The molecule has 1 aromatic rings. The number of thiol groups is 1. The van der Waals surface area contributed by atoms with Crippen molar-refractivity contribution in [3.8, 4) is 6.07 Å². The van der Waals surface area contributed by atoms with Crippen LogP contribution in [-0.4, -0.2) is 7.05 Å². The van der Waals surface area contributed by atoms with Crippen molar-refractivity contribution in [2.45, 2.75) is 13.3 Å². The van der Waals surface area contributed by atoms with Crippen molar-refractivity contribution in [1.82, 2.24) is 0 Å². The fourth-order valence-electron chi connectivity index (χ4n) is 1.18. The molecule has 0 aliphatic heterocycles. The Morgan fingerprint density at radius 1 is 1.54 bits per heavy atom. The van der Waals surface area contributed by atoms with E-state index in [0.29, 0.717) is 0 Å². The van der Waals surface area contributed by atoms with E-state index in [9.17, 15) is 0 Å². The van der Waals surface area contributed by atoms with Crippen LogP contribution in [0, 0.1) is 11.3 Å². The first-order chi connectivity index (χ1) is 6.19. The van der Waals surface area contributed by atoms with Gasteiger partial charge in [0.15, 0.2) is 0 Å². The fourth-order valence-corrected chi connectivity index (χ4v) is 1.31. The monoisotopic (exact) mass is 192 g/mol. The highest BCUT2D eigenvalue weighted by Gasteiger charge is 2.02. The molecule has 13 heavy (non-hydrogen) atoms. The molecule has 68 valence electrons. The zero-order valence-electron chi connectivity index (χ0n) is 7.78. The minimum Gasteiger partial charge on any atom is -0.322 e. The van der Waals surface area contributed by atoms with Crippen LogP contribution in [0.5, 0.6) is 0 Å². The van der Waals surface area contributed by atoms with Crippen molar-refractivity contribution in [2.24, 2.45) is 0 Å². The van der Waals surface area contributed by atoms with Crippen LogP contribution in [0.2, 0.25) is 0 Å². The molecule has 0 saturated heterocycles. The first kappa shape index (κ1) is 9.94. The number of nitrogens with zero attached hydrogens (tertiary/aromatic N) is 2. The molecule has 1 rings (SSSR count). The minimum absolute atomic E-state index is 0.751. The number of nitriles is 1. The van der Waals surface area contributed by atoms with E-state index in [4.69, 9.17) is 5.26 Å². The van der Waals surface area contributed by atoms with E-state index in [1.54, 1.807) is 4.31 Å². The SMILES string of the molecule is CCc1cc(N(C)S)ccc1C#N. The van der Waals surface area contributed by atoms with E-state index in [1.165, 1.54) is 0 Å². The number of hydrogen-bond acceptors (Lipinski definition) is 3. The summed E-state index contributed by atoms with van der Waals surface area (Å²) in [6.45, 7) is 2.04. The molecule has 2 nitrogen and oxygen atoms in total. The van der Waals surface area contributed by atoms with Crippen LogP contribution in [0.1, 0.15) is 18.1 Å². The molecule has 0 spiro atoms. The molecule has 0 aliphatic rings. The van der Waals surface area contributed by atoms with E-state index in [2.05, 4.69) is 18.9 Å². The third-order valence-corrected chi connectivity index (χ3v) is 2.19. The van der Waals surface area contributed by atoms with Gasteiger partial charge >= 0.3 is 0 Å². The Kier molecular flexibility index (Phi) is 3.21. The Morgan fingerprint density at radius 3 is 2.69 bits per heavy atom. The summed E-state index contributed by atoms with van der Waals surface area (Å²) in [5, 5.41) is 8.80. The second-order valence-corrected chi connectivity index (χ2v) is 3.43. The number of anilines is 1. The first-order valence-electron chi connectivity index (χ1n) is 4.14. The van der Waals surface area contributed by atoms with Gasteiger partial charge in [-0.3, -0.25) is 0 Å². The molecule has 0 atom stereocenters. The average Bonchev–Trinajstić information content (AvgIpc) is 2.16. The van der Waals surface area contributed by atoms with Gasteiger partial charge in [0.25, 0.3) is 0 Å². The Bertz CT molecular complexity index is 339. The summed E-state index contributed by atoms with van der Waals surface area (Å²) in [4.78, 5) is 0. The van der Waals surface area contributed by atoms with Crippen LogP contribution in [0.25, 0.3) is 0 Å². The van der Waals surface area contributed by atoms with Gasteiger partial charge in [0.05, 0.1) is 11.6 Å². The molecule has 0 amide bonds. The molecule has 3 heteroatoms. The lowest BCUT2D eigenvalue weighted by atomic mass is 10.1. The molecule has 0 radical (unpaired) electrons. The van der Waals surface area contributed by atoms with Crippen molar-refractivity contribution >= 4 is 18.5 Å². The van der Waals surface area contributed by atoms with Gasteiger partial charge in [0, 0.05) is 12.7 Å². The van der Waals surface area contributed by atoms with Gasteiger partial charge in [-0.05, 0) is 30.2 Å². The van der Waals surface area contributed by atoms with Gasteiger partial charge in [-0.15, -0.1) is 0 Å². The molecule has 1 aromatic carbocycles. The van der Waals surface area contributed by atoms with Crippen LogP contribution in [0.4, 0.5) is 5.69 Å². The first-order valence-corrected chi connectivity index (χ1v) is 4.54. The quantitative estimate of drug-likeness (QED) is 0.728. The maximum absolute atomic E-state index is 8.80. The summed E-state index contributed by atoms with van der Waals surface area (Å²) < 4.78 is 1.74. The fraction of sp³-hybridized carbons (Fsp3) is 0.300. The molecule has 0 bridgehead atoms. The van der Waals surface area contributed by atoms with Gasteiger partial charge in [-0.25, -0.2) is 0 Å². The summed E-state index contributed by atoms with van der Waals surface area (Å²) >= 11 is 4.19. The predicted octanol–water partition coefficient (Wildman–Crippen LogP) is 2.40. The third-order valence-electron chi connectivity index (χ3n) is 1.96. The summed E-state index contributed by atoms with van der Waals surface area (Å²) in [6, 6.07) is 7.89. The topological polar surface area (TPSA) is 27.0 Å². The van der Waals surface area contributed by atoms with Crippen LogP contribution >= 0.6 is 12.8 Å². The lowest BCUT2D eigenvalue weighted by Crippen LogP contribution is -2.01. The Hall–Kier alpha value is -1.14. The minimum atomic E-state index is 0.751. The van der Waals surface area contributed by atoms with Crippen molar-refractivity contribution in [1.29, 1.82) is 5.26 Å². The summed E-state index contributed by atoms with van der Waals surface area (Å²) in [5.74, 6) is 0. The maximum atomic E-state index is 8.80. The molecular formula is C10H12N2S. The maximum Gasteiger partial charge on any atom is 0.0994 e. The second kappa shape index (κ2) is 4.20. The molecule has 0 N–H and O–H groups in total. The van der Waals surface area contributed by atoms with E-state index >= 15 is 0 Å². The van der Waals surface area contributed by atoms with Crippen LogP contribution < -0.4 is 4.31 Å². The van der Waals surface area contributed by atoms with Gasteiger partial charge in [0.2, 0.25) is 0 Å². The lowest BCUT2D eigenvalue weighted by molar-refractivity contribution is 1.12. The van der Waals surface area contributed by atoms with E-state index < -0.39 is 0 Å². The van der Waals surface area contributed by atoms with Gasteiger partial charge in [0.1, 0.15) is 0 Å². The number of hydrogen-bond donors (Lipinski definition) is 1. The van der Waals surface area contributed by atoms with Gasteiger partial charge < -0.3 is 4.31 Å². The highest BCUT2D eigenvalue weighted by Crippen LogP contribution is 2.19. The van der Waals surface area contributed by atoms with Crippen LogP contribution in [0.3, 0.4) is 0 Å². The van der Waals surface area contributed by atoms with E-state index in [1.807, 2.05) is 32.2 Å². The second-order valence-electron chi connectivity index (χ2n) is 2.83. The van der Waals surface area contributed by atoms with Gasteiger partial charge in [-0.1, -0.05) is 19.7 Å². The highest BCUT2D eigenvalue weighted by atomic mass is 32.1. The lowest BCUT2D eigenvalue weighted by Gasteiger charge is -2.12. The van der Waals surface area contributed by atoms with Crippen molar-refractivity contribution in [3.63, 3.8) is 0 Å². The zero-order valence-corrected chi connectivity index (χ0v) is 8.68. The molecule has 0 saturated carbocycles. The molecule has 0 unspecified atom stereocenters. The predicted molar refractivity (Wildman–Crippen MR) is 57.9 cm³/mol. The van der Waals surface area contributed by atoms with Crippen molar-refractivity contribution in [2.75, 3.05) is 11.4 Å². The van der Waals surface area contributed by atoms with Crippen LogP contribution in [0.15, 0.2) is 18.2 Å². The zero-order chi connectivity index (χ0) is 9.84. The third kappa shape index (κ3) is 2.16. The van der Waals surface area contributed by atoms with E-state index in [-0.39, 0.29) is 0 Å². The summed E-state index contributed by atoms with van der Waals surface area (Å²) in [7, 11) is 1.87. The normalized spacial score (nSPS) is 9.38. The number of benzene rings is 1. The molecule has 0 aliphatic carbocycles. The Morgan fingerprint density at radius 2 is 2.23 bits per heavy atom. The standard InChI is InChI=1S/C10H12N2S/c1-3-8-6-10(12(2)13)5-4-9(8)7-11/h4-6,13H,3H2,1-2H3. The van der Waals surface area contributed by atoms with Crippen molar-refractivity contribution < 1.29 is 0 Å². The van der Waals surface area contributed by atoms with Crippen LogP contribution in [-0.2, 0) is 6.42 Å². The van der Waals surface area contributed by atoms with E-state index in [0.717, 1.165) is 23.2 Å². The summed E-state index contributed by atoms with van der Waals surface area (Å²) in [5.41, 5.74) is 2.83. The largest absolute Gasteiger partial charge is 0.322 e. The number of rotatable bonds is 2. The van der Waals surface area contributed by atoms with Crippen molar-refractivity contribution in [3.05, 3.63) is 29.3 Å². The highest BCUT2D eigenvalue weighted by molar-refractivity contribution is 7.81. The summed E-state index contributed by atoms with van der Waals surface area (Å²) in [6.07, 6.45) is 0.873. The molecule has 0 heterocycles. The average molecular weight is 192 g/mol. The smallest absolute Gasteiger partial charge is 0.0994 e. The number of aryl methyl sites for hydroxylation is 1. The molecule has 0 aromatic heterocycles. The van der Waals surface area contributed by atoms with Gasteiger partial charge in [-0.2, -0.15) is 5.26 Å². The Labute approximate surface area is 84.3 Å². The molecular weight excluding hydrogens is 180 g/mol. The molecule has 0 fully saturated rings.